The number of fused-ring (bicyclic) bond motifs is 1. The minimum Gasteiger partial charge on any atom is -0.383 e. The van der Waals surface area contributed by atoms with E-state index in [1.54, 1.807) is 7.11 Å². The highest BCUT2D eigenvalue weighted by Gasteiger charge is 2.31. The first kappa shape index (κ1) is 20.0. The van der Waals surface area contributed by atoms with Gasteiger partial charge >= 0.3 is 0 Å². The molecule has 3 aromatic rings. The van der Waals surface area contributed by atoms with Gasteiger partial charge in [-0.2, -0.15) is 0 Å². The van der Waals surface area contributed by atoms with Crippen LogP contribution in [0.3, 0.4) is 0 Å². The third-order valence-electron chi connectivity index (χ3n) is 5.30. The summed E-state index contributed by atoms with van der Waals surface area (Å²) in [5.74, 6) is 1.63. The van der Waals surface area contributed by atoms with Crippen LogP contribution >= 0.6 is 11.6 Å². The first-order valence-electron chi connectivity index (χ1n) is 9.99. The second kappa shape index (κ2) is 7.88. The summed E-state index contributed by atoms with van der Waals surface area (Å²) in [7, 11) is 1.74. The van der Waals surface area contributed by atoms with Crippen molar-refractivity contribution in [2.75, 3.05) is 25.2 Å². The molecule has 0 N–H and O–H groups in total. The third kappa shape index (κ3) is 3.94. The van der Waals surface area contributed by atoms with Gasteiger partial charge in [-0.05, 0) is 24.5 Å². The fourth-order valence-electron chi connectivity index (χ4n) is 3.75. The number of hydrogen-bond acceptors (Lipinski definition) is 6. The van der Waals surface area contributed by atoms with Gasteiger partial charge in [0.1, 0.15) is 5.82 Å². The number of benzene rings is 1. The van der Waals surface area contributed by atoms with Crippen molar-refractivity contribution in [2.24, 2.45) is 0 Å². The van der Waals surface area contributed by atoms with Gasteiger partial charge in [-0.25, -0.2) is 14.6 Å². The Morgan fingerprint density at radius 2 is 2.00 bits per heavy atom. The number of hydrogen-bond donors (Lipinski definition) is 0. The molecule has 0 bridgehead atoms. The van der Waals surface area contributed by atoms with Gasteiger partial charge in [0.25, 0.3) is 0 Å². The lowest BCUT2D eigenvalue weighted by molar-refractivity contribution is 0.180. The molecule has 1 saturated heterocycles. The van der Waals surface area contributed by atoms with Crippen molar-refractivity contribution in [1.29, 1.82) is 0 Å². The van der Waals surface area contributed by atoms with Crippen molar-refractivity contribution >= 4 is 28.6 Å². The van der Waals surface area contributed by atoms with E-state index in [0.717, 1.165) is 47.8 Å². The average molecular weight is 415 g/mol. The molecular weight excluding hydrogens is 388 g/mol. The highest BCUT2D eigenvalue weighted by molar-refractivity contribution is 6.31. The van der Waals surface area contributed by atoms with Crippen molar-refractivity contribution in [2.45, 2.75) is 51.6 Å². The molecule has 1 aliphatic rings. The van der Waals surface area contributed by atoms with Gasteiger partial charge < -0.3 is 9.64 Å². The maximum Gasteiger partial charge on any atom is 0.184 e. The van der Waals surface area contributed by atoms with E-state index in [0.29, 0.717) is 24.2 Å². The molecule has 3 heterocycles. The minimum atomic E-state index is -0.196. The smallest absolute Gasteiger partial charge is 0.184 e. The van der Waals surface area contributed by atoms with E-state index in [4.69, 9.17) is 26.3 Å². The lowest BCUT2D eigenvalue weighted by atomic mass is 9.95. The van der Waals surface area contributed by atoms with Crippen LogP contribution in [0.25, 0.3) is 11.2 Å². The predicted octanol–water partition coefficient (Wildman–Crippen LogP) is 3.84. The van der Waals surface area contributed by atoms with Crippen molar-refractivity contribution in [1.82, 2.24) is 25.0 Å². The molecule has 1 aromatic carbocycles. The monoisotopic (exact) mass is 414 g/mol. The van der Waals surface area contributed by atoms with E-state index in [9.17, 15) is 0 Å². The number of rotatable bonds is 5. The highest BCUT2D eigenvalue weighted by atomic mass is 35.5. The van der Waals surface area contributed by atoms with Gasteiger partial charge in [0.05, 0.1) is 19.2 Å². The molecule has 0 aliphatic carbocycles. The molecule has 0 spiro atoms. The Kier molecular flexibility index (Phi) is 5.44. The Morgan fingerprint density at radius 1 is 1.21 bits per heavy atom. The van der Waals surface area contributed by atoms with Crippen molar-refractivity contribution in [3.63, 3.8) is 0 Å². The topological polar surface area (TPSA) is 69.0 Å². The molecule has 0 unspecified atom stereocenters. The number of anilines is 1. The van der Waals surface area contributed by atoms with E-state index in [1.165, 1.54) is 0 Å². The number of nitrogens with zero attached hydrogens (tertiary/aromatic N) is 6. The van der Waals surface area contributed by atoms with Crippen molar-refractivity contribution < 1.29 is 4.74 Å². The maximum atomic E-state index is 6.37. The van der Waals surface area contributed by atoms with Gasteiger partial charge in [0.15, 0.2) is 17.0 Å². The molecule has 2 aromatic heterocycles. The van der Waals surface area contributed by atoms with Gasteiger partial charge in [-0.1, -0.05) is 55.8 Å². The van der Waals surface area contributed by atoms with Crippen LogP contribution in [-0.2, 0) is 16.7 Å². The molecule has 29 heavy (non-hydrogen) atoms. The molecule has 1 fully saturated rings. The Hall–Kier alpha value is -2.25. The molecule has 1 atom stereocenters. The van der Waals surface area contributed by atoms with Crippen LogP contribution in [0.5, 0.6) is 0 Å². The minimum absolute atomic E-state index is 0.196. The second-order valence-corrected chi connectivity index (χ2v) is 8.98. The van der Waals surface area contributed by atoms with E-state index >= 15 is 0 Å². The van der Waals surface area contributed by atoms with E-state index < -0.39 is 0 Å². The molecule has 154 valence electrons. The lowest BCUT2D eigenvalue weighted by Crippen LogP contribution is -2.34. The molecule has 8 heteroatoms. The number of aromatic nitrogens is 5. The Morgan fingerprint density at radius 3 is 2.72 bits per heavy atom. The van der Waals surface area contributed by atoms with E-state index in [-0.39, 0.29) is 5.41 Å². The first-order valence-corrected chi connectivity index (χ1v) is 10.4. The summed E-state index contributed by atoms with van der Waals surface area (Å²) in [4.78, 5) is 12.1. The van der Waals surface area contributed by atoms with Gasteiger partial charge in [-0.15, -0.1) is 5.10 Å². The molecule has 7 nitrogen and oxygen atoms in total. The fourth-order valence-corrected chi connectivity index (χ4v) is 3.95. The van der Waals surface area contributed by atoms with Crippen LogP contribution in [0, 0.1) is 0 Å². The maximum absolute atomic E-state index is 6.37. The lowest BCUT2D eigenvalue weighted by Gasteiger charge is -2.27. The Labute approximate surface area is 176 Å². The van der Waals surface area contributed by atoms with E-state index in [2.05, 4.69) is 36.0 Å². The normalized spacial score (nSPS) is 17.4. The Balaban J connectivity index is 1.83. The van der Waals surface area contributed by atoms with Crippen LogP contribution in [0.1, 0.15) is 45.0 Å². The number of halogens is 1. The quantitative estimate of drug-likeness (QED) is 0.631. The van der Waals surface area contributed by atoms with Crippen LogP contribution in [-0.4, -0.2) is 51.3 Å². The molecule has 4 rings (SSSR count). The number of methoxy groups -OCH3 is 1. The fraction of sp³-hybridized carbons (Fsp3) is 0.524. The molecule has 0 saturated carbocycles. The van der Waals surface area contributed by atoms with Gasteiger partial charge in [0.2, 0.25) is 0 Å². The molecule has 0 amide bonds. The molecular formula is C21H27ClN6O. The van der Waals surface area contributed by atoms with Crippen LogP contribution < -0.4 is 4.90 Å². The predicted molar refractivity (Wildman–Crippen MR) is 115 cm³/mol. The molecule has 0 radical (unpaired) electrons. The summed E-state index contributed by atoms with van der Waals surface area (Å²) in [6.45, 7) is 8.48. The largest absolute Gasteiger partial charge is 0.383 e. The summed E-state index contributed by atoms with van der Waals surface area (Å²) < 4.78 is 7.26. The van der Waals surface area contributed by atoms with Gasteiger partial charge in [-0.3, -0.25) is 0 Å². The molecule has 1 aliphatic heterocycles. The van der Waals surface area contributed by atoms with Crippen LogP contribution in [0.4, 0.5) is 5.82 Å². The summed E-state index contributed by atoms with van der Waals surface area (Å²) in [5, 5.41) is 9.58. The summed E-state index contributed by atoms with van der Waals surface area (Å²) in [6, 6.07) is 8.07. The Bertz CT molecular complexity index is 1010. The van der Waals surface area contributed by atoms with Crippen molar-refractivity contribution in [3.8, 4) is 0 Å². The standard InChI is InChI=1S/C21H27ClN6O/c1-21(2,3)20-23-18(27-11-7-9-15(27)13-29-4)17-19(24-20)28(26-25-17)12-14-8-5-6-10-16(14)22/h5-6,8,10,15H,7,9,11-13H2,1-4H3/t15-/m0/s1. The van der Waals surface area contributed by atoms with E-state index in [1.807, 2.05) is 28.9 Å². The van der Waals surface area contributed by atoms with Crippen molar-refractivity contribution in [3.05, 3.63) is 40.7 Å². The SMILES string of the molecule is COC[C@@H]1CCCN1c1nc(C(C)(C)C)nc2c1nnn2Cc1ccccc1Cl. The van der Waals surface area contributed by atoms with Crippen LogP contribution in [0.2, 0.25) is 5.02 Å². The summed E-state index contributed by atoms with van der Waals surface area (Å²) in [5.41, 5.74) is 2.26. The second-order valence-electron chi connectivity index (χ2n) is 8.58. The summed E-state index contributed by atoms with van der Waals surface area (Å²) in [6.07, 6.45) is 2.19. The zero-order valence-electron chi connectivity index (χ0n) is 17.4. The van der Waals surface area contributed by atoms with Crippen LogP contribution in [0.15, 0.2) is 24.3 Å². The zero-order valence-corrected chi connectivity index (χ0v) is 18.1. The number of ether oxygens (including phenoxy) is 1. The average Bonchev–Trinajstić information content (AvgIpc) is 3.30. The third-order valence-corrected chi connectivity index (χ3v) is 5.67. The highest BCUT2D eigenvalue weighted by Crippen LogP contribution is 2.32. The first-order chi connectivity index (χ1) is 13.9. The summed E-state index contributed by atoms with van der Waals surface area (Å²) >= 11 is 6.37. The van der Waals surface area contributed by atoms with Gasteiger partial charge in [0, 0.05) is 24.1 Å². The zero-order chi connectivity index (χ0) is 20.6.